The van der Waals surface area contributed by atoms with E-state index < -0.39 is 11.9 Å². The molecular weight excluding hydrogens is 406 g/mol. The molecule has 160 valence electrons. The van der Waals surface area contributed by atoms with Crippen LogP contribution in [0.3, 0.4) is 0 Å². The first-order valence-corrected chi connectivity index (χ1v) is 10.4. The summed E-state index contributed by atoms with van der Waals surface area (Å²) in [6.07, 6.45) is 0.866. The van der Waals surface area contributed by atoms with Gasteiger partial charge in [-0.25, -0.2) is 4.79 Å². The van der Waals surface area contributed by atoms with Crippen molar-refractivity contribution < 1.29 is 23.9 Å². The topological polar surface area (TPSA) is 111 Å². The summed E-state index contributed by atoms with van der Waals surface area (Å²) in [6.45, 7) is 4.10. The van der Waals surface area contributed by atoms with E-state index in [2.05, 4.69) is 18.3 Å². The van der Waals surface area contributed by atoms with E-state index in [9.17, 15) is 14.4 Å². The number of methoxy groups -OCH3 is 1. The zero-order chi connectivity index (χ0) is 21.8. The van der Waals surface area contributed by atoms with Gasteiger partial charge in [0.25, 0.3) is 5.91 Å². The number of hydrogen-bond donors (Lipinski definition) is 2. The molecule has 1 atom stereocenters. The molecule has 0 radical (unpaired) electrons. The number of hydrogen-bond acceptors (Lipinski definition) is 7. The van der Waals surface area contributed by atoms with E-state index in [0.717, 1.165) is 23.4 Å². The van der Waals surface area contributed by atoms with Crippen molar-refractivity contribution in [2.45, 2.75) is 26.3 Å². The molecule has 1 aliphatic rings. The zero-order valence-corrected chi connectivity index (χ0v) is 18.0. The molecule has 2 amide bonds. The minimum absolute atomic E-state index is 0.0615. The molecule has 1 aromatic heterocycles. The highest BCUT2D eigenvalue weighted by Gasteiger charge is 2.29. The number of amides is 2. The van der Waals surface area contributed by atoms with Gasteiger partial charge in [-0.05, 0) is 37.5 Å². The zero-order valence-electron chi connectivity index (χ0n) is 17.2. The predicted octanol–water partition coefficient (Wildman–Crippen LogP) is 2.35. The van der Waals surface area contributed by atoms with Gasteiger partial charge in [-0.15, -0.1) is 11.3 Å². The molecule has 0 saturated heterocycles. The van der Waals surface area contributed by atoms with Crippen LogP contribution in [-0.2, 0) is 20.7 Å². The lowest BCUT2D eigenvalue weighted by Gasteiger charge is -2.24. The predicted molar refractivity (Wildman–Crippen MR) is 115 cm³/mol. The summed E-state index contributed by atoms with van der Waals surface area (Å²) < 4.78 is 10.1. The number of nitrogens with two attached hydrogens (primary N) is 1. The second-order valence-corrected chi connectivity index (χ2v) is 8.13. The Morgan fingerprint density at radius 1 is 1.27 bits per heavy atom. The van der Waals surface area contributed by atoms with Gasteiger partial charge in [-0.1, -0.05) is 18.2 Å². The summed E-state index contributed by atoms with van der Waals surface area (Å²) in [5.74, 6) is -1.59. The van der Waals surface area contributed by atoms with Gasteiger partial charge in [0.1, 0.15) is 11.6 Å². The maximum Gasteiger partial charge on any atom is 0.341 e. The number of anilines is 2. The Morgan fingerprint density at radius 3 is 2.70 bits per heavy atom. The van der Waals surface area contributed by atoms with Crippen LogP contribution >= 0.6 is 11.3 Å². The molecule has 0 saturated carbocycles. The number of carbonyl (C=O) groups is 3. The fourth-order valence-corrected chi connectivity index (χ4v) is 4.63. The summed E-state index contributed by atoms with van der Waals surface area (Å²) in [4.78, 5) is 39.4. The first-order chi connectivity index (χ1) is 14.3. The molecule has 9 heteroatoms. The average Bonchev–Trinajstić information content (AvgIpc) is 3.18. The number of rotatable bonds is 8. The second-order valence-electron chi connectivity index (χ2n) is 7.11. The van der Waals surface area contributed by atoms with E-state index in [0.29, 0.717) is 5.56 Å². The minimum Gasteiger partial charge on any atom is -0.460 e. The standard InChI is InChI=1S/C21H25N3O5S/c1-12-10-14-6-4-5-7-15(14)24(12)11-16(25)23-20-17(21(27)29-9-8-28-3)13(2)18(30-20)19(22)26/h4-7,12H,8-11H2,1-3H3,(H2,22,26)(H,23,25)/t12-/m0/s1. The Hall–Kier alpha value is -2.91. The normalized spacial score (nSPS) is 15.0. The van der Waals surface area contributed by atoms with E-state index in [4.69, 9.17) is 15.2 Å². The van der Waals surface area contributed by atoms with Crippen LogP contribution < -0.4 is 16.0 Å². The summed E-state index contributed by atoms with van der Waals surface area (Å²) >= 11 is 0.977. The Balaban J connectivity index is 1.80. The van der Waals surface area contributed by atoms with E-state index in [1.54, 1.807) is 6.92 Å². The SMILES string of the molecule is COCCOC(=O)c1c(NC(=O)CN2c3ccccc3C[C@@H]2C)sc(C(N)=O)c1C. The van der Waals surface area contributed by atoms with Crippen molar-refractivity contribution >= 4 is 39.8 Å². The molecule has 3 rings (SSSR count). The molecule has 2 heterocycles. The van der Waals surface area contributed by atoms with Crippen molar-refractivity contribution in [1.29, 1.82) is 0 Å². The van der Waals surface area contributed by atoms with Crippen LogP contribution in [0.4, 0.5) is 10.7 Å². The first kappa shape index (κ1) is 21.8. The lowest BCUT2D eigenvalue weighted by atomic mass is 10.1. The van der Waals surface area contributed by atoms with Crippen LogP contribution in [0, 0.1) is 6.92 Å². The third kappa shape index (κ3) is 4.47. The van der Waals surface area contributed by atoms with Crippen molar-refractivity contribution in [3.63, 3.8) is 0 Å². The van der Waals surface area contributed by atoms with Gasteiger partial charge in [-0.3, -0.25) is 9.59 Å². The Kier molecular flexibility index (Phi) is 6.73. The van der Waals surface area contributed by atoms with Gasteiger partial charge in [0.05, 0.1) is 23.6 Å². The number of carbonyl (C=O) groups excluding carboxylic acids is 3. The molecule has 1 aromatic carbocycles. The summed E-state index contributed by atoms with van der Waals surface area (Å²) in [7, 11) is 1.50. The largest absolute Gasteiger partial charge is 0.460 e. The number of esters is 1. The Morgan fingerprint density at radius 2 is 2.00 bits per heavy atom. The van der Waals surface area contributed by atoms with Crippen molar-refractivity contribution in [3.8, 4) is 0 Å². The molecule has 1 aliphatic heterocycles. The molecule has 0 bridgehead atoms. The maximum absolute atomic E-state index is 12.8. The molecule has 2 aromatic rings. The number of nitrogens with zero attached hydrogens (tertiary/aromatic N) is 1. The molecule has 30 heavy (non-hydrogen) atoms. The fourth-order valence-electron chi connectivity index (χ4n) is 3.56. The van der Waals surface area contributed by atoms with Gasteiger partial charge in [0.2, 0.25) is 5.91 Å². The van der Waals surface area contributed by atoms with E-state index >= 15 is 0 Å². The smallest absolute Gasteiger partial charge is 0.341 e. The summed E-state index contributed by atoms with van der Waals surface area (Å²) in [6, 6.07) is 8.15. The second kappa shape index (κ2) is 9.27. The van der Waals surface area contributed by atoms with Gasteiger partial charge in [0.15, 0.2) is 0 Å². The number of ether oxygens (including phenoxy) is 2. The quantitative estimate of drug-likeness (QED) is 0.490. The molecule has 8 nitrogen and oxygen atoms in total. The Bertz CT molecular complexity index is 972. The van der Waals surface area contributed by atoms with Crippen LogP contribution in [-0.4, -0.2) is 50.7 Å². The van der Waals surface area contributed by atoms with Gasteiger partial charge in [-0.2, -0.15) is 0 Å². The number of para-hydroxylation sites is 1. The Labute approximate surface area is 178 Å². The summed E-state index contributed by atoms with van der Waals surface area (Å²) in [5, 5.41) is 3.03. The number of fused-ring (bicyclic) bond motifs is 1. The van der Waals surface area contributed by atoms with Crippen LogP contribution in [0.25, 0.3) is 0 Å². The number of primary amides is 1. The van der Waals surface area contributed by atoms with Crippen molar-refractivity contribution in [2.24, 2.45) is 5.73 Å². The van der Waals surface area contributed by atoms with Crippen LogP contribution in [0.2, 0.25) is 0 Å². The third-order valence-electron chi connectivity index (χ3n) is 5.01. The van der Waals surface area contributed by atoms with Gasteiger partial charge < -0.3 is 25.4 Å². The highest BCUT2D eigenvalue weighted by atomic mass is 32.1. The van der Waals surface area contributed by atoms with Crippen molar-refractivity contribution in [2.75, 3.05) is 37.1 Å². The lowest BCUT2D eigenvalue weighted by Crippen LogP contribution is -2.37. The van der Waals surface area contributed by atoms with Crippen LogP contribution in [0.15, 0.2) is 24.3 Å². The molecule has 3 N–H and O–H groups in total. The molecule has 0 aliphatic carbocycles. The van der Waals surface area contributed by atoms with E-state index in [1.807, 2.05) is 23.1 Å². The number of nitrogens with one attached hydrogen (secondary N) is 1. The molecular formula is C21H25N3O5S. The van der Waals surface area contributed by atoms with Gasteiger partial charge >= 0.3 is 5.97 Å². The van der Waals surface area contributed by atoms with E-state index in [-0.39, 0.29) is 47.1 Å². The maximum atomic E-state index is 12.8. The van der Waals surface area contributed by atoms with Crippen molar-refractivity contribution in [3.05, 3.63) is 45.8 Å². The van der Waals surface area contributed by atoms with E-state index in [1.165, 1.54) is 12.7 Å². The monoisotopic (exact) mass is 431 g/mol. The fraction of sp³-hybridized carbons (Fsp3) is 0.381. The highest BCUT2D eigenvalue weighted by molar-refractivity contribution is 7.18. The lowest BCUT2D eigenvalue weighted by molar-refractivity contribution is -0.115. The summed E-state index contributed by atoms with van der Waals surface area (Å²) in [5.41, 5.74) is 8.20. The van der Waals surface area contributed by atoms with Crippen molar-refractivity contribution in [1.82, 2.24) is 0 Å². The first-order valence-electron chi connectivity index (χ1n) is 9.57. The molecule has 0 unspecified atom stereocenters. The highest BCUT2D eigenvalue weighted by Crippen LogP contribution is 2.34. The molecule has 0 spiro atoms. The average molecular weight is 432 g/mol. The number of benzene rings is 1. The third-order valence-corrected chi connectivity index (χ3v) is 6.23. The molecule has 0 fully saturated rings. The van der Waals surface area contributed by atoms with Crippen LogP contribution in [0.1, 0.15) is 38.1 Å². The van der Waals surface area contributed by atoms with Crippen LogP contribution in [0.5, 0.6) is 0 Å². The van der Waals surface area contributed by atoms with Gasteiger partial charge in [0, 0.05) is 18.8 Å². The number of thiophene rings is 1. The minimum atomic E-state index is -0.661.